The molecule has 0 spiro atoms. The number of carbonyl (C=O) groups is 1. The maximum absolute atomic E-state index is 12.8. The van der Waals surface area contributed by atoms with Crippen molar-refractivity contribution in [3.8, 4) is 0 Å². The molecule has 1 aromatic rings. The Bertz CT molecular complexity index is 555. The molecule has 0 saturated carbocycles. The van der Waals surface area contributed by atoms with Crippen LogP contribution < -0.4 is 10.2 Å². The molecule has 1 aromatic carbocycles. The van der Waals surface area contributed by atoms with E-state index in [1.807, 2.05) is 29.2 Å². The molecule has 2 aliphatic rings. The summed E-state index contributed by atoms with van der Waals surface area (Å²) in [6.07, 6.45) is 0. The van der Waals surface area contributed by atoms with E-state index in [4.69, 9.17) is 11.6 Å². The Labute approximate surface area is 149 Å². The standard InChI is InChI=1S/C18H27ClN4O/c1-14(2)23-8-7-20-17(13-23)18(24)22-11-9-21(10-12-22)16-5-3-15(19)4-6-16/h3-6,14,17,20H,7-13H2,1-2H3/t17-/m1/s1. The highest BCUT2D eigenvalue weighted by atomic mass is 35.5. The van der Waals surface area contributed by atoms with Crippen LogP contribution in [0, 0.1) is 0 Å². The number of anilines is 1. The molecule has 132 valence electrons. The summed E-state index contributed by atoms with van der Waals surface area (Å²) in [6, 6.07) is 8.35. The zero-order valence-corrected chi connectivity index (χ0v) is 15.3. The van der Waals surface area contributed by atoms with Crippen LogP contribution >= 0.6 is 11.6 Å². The first-order valence-corrected chi connectivity index (χ1v) is 9.19. The smallest absolute Gasteiger partial charge is 0.241 e. The lowest BCUT2D eigenvalue weighted by Crippen LogP contribution is -2.61. The second-order valence-corrected chi connectivity index (χ2v) is 7.32. The average molecular weight is 351 g/mol. The molecule has 2 saturated heterocycles. The predicted octanol–water partition coefficient (Wildman–Crippen LogP) is 1.67. The van der Waals surface area contributed by atoms with Crippen molar-refractivity contribution in [3.05, 3.63) is 29.3 Å². The SMILES string of the molecule is CC(C)N1CCN[C@@H](C(=O)N2CCN(c3ccc(Cl)cc3)CC2)C1. The second-order valence-electron chi connectivity index (χ2n) is 6.88. The van der Waals surface area contributed by atoms with Gasteiger partial charge >= 0.3 is 0 Å². The van der Waals surface area contributed by atoms with Crippen molar-refractivity contribution in [2.75, 3.05) is 50.7 Å². The third-order valence-corrected chi connectivity index (χ3v) is 5.27. The van der Waals surface area contributed by atoms with Crippen LogP contribution in [-0.4, -0.2) is 73.6 Å². The summed E-state index contributed by atoms with van der Waals surface area (Å²) < 4.78 is 0. The fourth-order valence-electron chi connectivity index (χ4n) is 3.46. The van der Waals surface area contributed by atoms with Crippen molar-refractivity contribution in [3.63, 3.8) is 0 Å². The summed E-state index contributed by atoms with van der Waals surface area (Å²) in [4.78, 5) is 19.5. The lowest BCUT2D eigenvalue weighted by molar-refractivity contribution is -0.135. The molecule has 6 heteroatoms. The van der Waals surface area contributed by atoms with E-state index in [0.717, 1.165) is 50.8 Å². The topological polar surface area (TPSA) is 38.8 Å². The molecule has 2 fully saturated rings. The number of halogens is 1. The maximum atomic E-state index is 12.8. The summed E-state index contributed by atoms with van der Waals surface area (Å²) in [5.74, 6) is 0.246. The van der Waals surface area contributed by atoms with Crippen molar-refractivity contribution in [1.82, 2.24) is 15.1 Å². The minimum atomic E-state index is -0.0665. The Morgan fingerprint density at radius 3 is 2.42 bits per heavy atom. The van der Waals surface area contributed by atoms with Gasteiger partial charge in [0.05, 0.1) is 6.04 Å². The molecule has 0 aliphatic carbocycles. The number of benzene rings is 1. The number of piperazine rings is 2. The third-order valence-electron chi connectivity index (χ3n) is 5.02. The summed E-state index contributed by atoms with van der Waals surface area (Å²) >= 11 is 5.95. The van der Waals surface area contributed by atoms with Crippen molar-refractivity contribution >= 4 is 23.2 Å². The number of hydrogen-bond acceptors (Lipinski definition) is 4. The molecule has 1 amide bonds. The summed E-state index contributed by atoms with van der Waals surface area (Å²) in [6.45, 7) is 10.4. The third kappa shape index (κ3) is 4.02. The van der Waals surface area contributed by atoms with Gasteiger partial charge in [-0.1, -0.05) is 11.6 Å². The minimum Gasteiger partial charge on any atom is -0.368 e. The molecule has 24 heavy (non-hydrogen) atoms. The van der Waals surface area contributed by atoms with Gasteiger partial charge in [-0.25, -0.2) is 0 Å². The van der Waals surface area contributed by atoms with E-state index in [9.17, 15) is 4.79 Å². The van der Waals surface area contributed by atoms with Gasteiger partial charge in [-0.05, 0) is 38.1 Å². The van der Waals surface area contributed by atoms with Crippen LogP contribution in [0.2, 0.25) is 5.02 Å². The van der Waals surface area contributed by atoms with Crippen molar-refractivity contribution < 1.29 is 4.79 Å². The van der Waals surface area contributed by atoms with Crippen molar-refractivity contribution in [1.29, 1.82) is 0 Å². The zero-order valence-electron chi connectivity index (χ0n) is 14.5. The Balaban J connectivity index is 1.54. The highest BCUT2D eigenvalue weighted by molar-refractivity contribution is 6.30. The van der Waals surface area contributed by atoms with Gasteiger partial charge in [-0.2, -0.15) is 0 Å². The first-order chi connectivity index (χ1) is 11.5. The van der Waals surface area contributed by atoms with Crippen LogP contribution in [-0.2, 0) is 4.79 Å². The first-order valence-electron chi connectivity index (χ1n) is 8.81. The molecule has 2 aliphatic heterocycles. The van der Waals surface area contributed by atoms with E-state index >= 15 is 0 Å². The monoisotopic (exact) mass is 350 g/mol. The quantitative estimate of drug-likeness (QED) is 0.900. The van der Waals surface area contributed by atoms with Crippen LogP contribution in [0.1, 0.15) is 13.8 Å². The lowest BCUT2D eigenvalue weighted by atomic mass is 10.1. The molecule has 0 radical (unpaired) electrons. The Morgan fingerprint density at radius 2 is 1.79 bits per heavy atom. The largest absolute Gasteiger partial charge is 0.368 e. The average Bonchev–Trinajstić information content (AvgIpc) is 2.62. The molecule has 0 bridgehead atoms. The van der Waals surface area contributed by atoms with E-state index in [0.29, 0.717) is 6.04 Å². The fourth-order valence-corrected chi connectivity index (χ4v) is 3.59. The number of rotatable bonds is 3. The maximum Gasteiger partial charge on any atom is 0.241 e. The van der Waals surface area contributed by atoms with E-state index in [1.165, 1.54) is 5.69 Å². The van der Waals surface area contributed by atoms with Crippen molar-refractivity contribution in [2.45, 2.75) is 25.9 Å². The molecular weight excluding hydrogens is 324 g/mol. The van der Waals surface area contributed by atoms with E-state index in [2.05, 4.69) is 29.0 Å². The highest BCUT2D eigenvalue weighted by Crippen LogP contribution is 2.20. The van der Waals surface area contributed by atoms with Gasteiger partial charge in [0.2, 0.25) is 5.91 Å². The van der Waals surface area contributed by atoms with Gasteiger partial charge in [0.15, 0.2) is 0 Å². The van der Waals surface area contributed by atoms with Crippen LogP contribution in [0.3, 0.4) is 0 Å². The zero-order chi connectivity index (χ0) is 17.1. The molecule has 3 rings (SSSR count). The second kappa shape index (κ2) is 7.72. The minimum absolute atomic E-state index is 0.0665. The molecule has 5 nitrogen and oxygen atoms in total. The number of carbonyl (C=O) groups excluding carboxylic acids is 1. The summed E-state index contributed by atoms with van der Waals surface area (Å²) in [7, 11) is 0. The molecule has 0 unspecified atom stereocenters. The summed E-state index contributed by atoms with van der Waals surface area (Å²) in [5.41, 5.74) is 1.17. The van der Waals surface area contributed by atoms with Gasteiger partial charge in [-0.3, -0.25) is 9.69 Å². The molecular formula is C18H27ClN4O. The van der Waals surface area contributed by atoms with Gasteiger partial charge in [0, 0.05) is 62.6 Å². The normalized spacial score (nSPS) is 22.9. The van der Waals surface area contributed by atoms with Gasteiger partial charge in [0.1, 0.15) is 0 Å². The number of nitrogens with zero attached hydrogens (tertiary/aromatic N) is 3. The highest BCUT2D eigenvalue weighted by Gasteiger charge is 2.31. The van der Waals surface area contributed by atoms with Crippen LogP contribution in [0.15, 0.2) is 24.3 Å². The Kier molecular flexibility index (Phi) is 5.64. The molecule has 2 heterocycles. The lowest BCUT2D eigenvalue weighted by Gasteiger charge is -2.40. The molecule has 1 N–H and O–H groups in total. The van der Waals surface area contributed by atoms with E-state index in [-0.39, 0.29) is 11.9 Å². The Morgan fingerprint density at radius 1 is 1.12 bits per heavy atom. The van der Waals surface area contributed by atoms with Gasteiger partial charge < -0.3 is 15.1 Å². The first kappa shape index (κ1) is 17.5. The molecule has 0 aromatic heterocycles. The Hall–Kier alpha value is -1.30. The number of hydrogen-bond donors (Lipinski definition) is 1. The van der Waals surface area contributed by atoms with Crippen LogP contribution in [0.4, 0.5) is 5.69 Å². The van der Waals surface area contributed by atoms with Crippen LogP contribution in [0.25, 0.3) is 0 Å². The van der Waals surface area contributed by atoms with E-state index in [1.54, 1.807) is 0 Å². The van der Waals surface area contributed by atoms with Crippen molar-refractivity contribution in [2.24, 2.45) is 0 Å². The van der Waals surface area contributed by atoms with Gasteiger partial charge in [0.25, 0.3) is 0 Å². The number of amides is 1. The van der Waals surface area contributed by atoms with Crippen LogP contribution in [0.5, 0.6) is 0 Å². The summed E-state index contributed by atoms with van der Waals surface area (Å²) in [5, 5.41) is 4.14. The van der Waals surface area contributed by atoms with Gasteiger partial charge in [-0.15, -0.1) is 0 Å². The number of nitrogens with one attached hydrogen (secondary N) is 1. The van der Waals surface area contributed by atoms with E-state index < -0.39 is 0 Å². The fraction of sp³-hybridized carbons (Fsp3) is 0.611. The predicted molar refractivity (Wildman–Crippen MR) is 98.7 cm³/mol. The molecule has 1 atom stereocenters.